The number of fused-ring (bicyclic) bond motifs is 3. The smallest absolute Gasteiger partial charge is 0.257 e. The van der Waals surface area contributed by atoms with Crippen LogP contribution in [0.15, 0.2) is 72.8 Å². The second-order valence-corrected chi connectivity index (χ2v) is 12.8. The molecule has 1 aromatic heterocycles. The van der Waals surface area contributed by atoms with Crippen molar-refractivity contribution in [1.82, 2.24) is 19.4 Å². The van der Waals surface area contributed by atoms with Gasteiger partial charge in [0, 0.05) is 31.2 Å². The van der Waals surface area contributed by atoms with E-state index in [-0.39, 0.29) is 17.1 Å². The van der Waals surface area contributed by atoms with Crippen LogP contribution in [-0.2, 0) is 5.41 Å². The maximum absolute atomic E-state index is 13.5. The molecule has 1 amide bonds. The van der Waals surface area contributed by atoms with Gasteiger partial charge in [0.2, 0.25) is 0 Å². The van der Waals surface area contributed by atoms with Crippen LogP contribution in [0.5, 0.6) is 11.5 Å². The number of aryl methyl sites for hydroxylation is 1. The first-order valence-corrected chi connectivity index (χ1v) is 15.9. The van der Waals surface area contributed by atoms with Gasteiger partial charge in [-0.05, 0) is 99.7 Å². The number of aromatic hydroxyl groups is 1. The summed E-state index contributed by atoms with van der Waals surface area (Å²) in [4.78, 5) is 23.1. The molecular weight excluding hydrogens is 536 g/mol. The molecule has 3 aromatic carbocycles. The number of hydrogen-bond donors (Lipinski definition) is 1. The third kappa shape index (κ3) is 5.07. The molecule has 0 aliphatic carbocycles. The SMILES string of the molecule is COc1ccc(O)c(C(=O)N2CCC(CCN3[C@@H]4CC[C@H]3C[C@@H](n3c(C)nc5ccccc53)C4)(c3ccccc3)CC2)c1. The molecule has 2 bridgehead atoms. The molecule has 7 heteroatoms. The number of phenolic OH excluding ortho intramolecular Hbond substituents is 1. The summed E-state index contributed by atoms with van der Waals surface area (Å²) in [6.45, 7) is 4.59. The van der Waals surface area contributed by atoms with Gasteiger partial charge in [-0.3, -0.25) is 9.69 Å². The Kier molecular flexibility index (Phi) is 7.38. The number of methoxy groups -OCH3 is 1. The number of nitrogens with zero attached hydrogens (tertiary/aromatic N) is 4. The summed E-state index contributed by atoms with van der Waals surface area (Å²) in [6.07, 6.45) is 7.84. The van der Waals surface area contributed by atoms with E-state index in [9.17, 15) is 9.90 Å². The second kappa shape index (κ2) is 11.3. The molecule has 224 valence electrons. The van der Waals surface area contributed by atoms with Crippen molar-refractivity contribution >= 4 is 16.9 Å². The van der Waals surface area contributed by atoms with Gasteiger partial charge in [0.15, 0.2) is 0 Å². The minimum atomic E-state index is -0.125. The van der Waals surface area contributed by atoms with Crippen molar-refractivity contribution in [3.8, 4) is 11.5 Å². The molecule has 3 aliphatic rings. The van der Waals surface area contributed by atoms with Crippen LogP contribution in [0.3, 0.4) is 0 Å². The van der Waals surface area contributed by atoms with Crippen LogP contribution >= 0.6 is 0 Å². The van der Waals surface area contributed by atoms with Gasteiger partial charge in [0.25, 0.3) is 5.91 Å². The Bertz CT molecular complexity index is 1590. The van der Waals surface area contributed by atoms with Crippen molar-refractivity contribution in [2.75, 3.05) is 26.7 Å². The minimum Gasteiger partial charge on any atom is -0.507 e. The Balaban J connectivity index is 1.06. The lowest BCUT2D eigenvalue weighted by Gasteiger charge is -2.45. The Labute approximate surface area is 254 Å². The molecular formula is C36H42N4O3. The number of carbonyl (C=O) groups is 1. The van der Waals surface area contributed by atoms with Crippen LogP contribution in [0.25, 0.3) is 11.0 Å². The fourth-order valence-corrected chi connectivity index (χ4v) is 8.39. The molecule has 3 fully saturated rings. The molecule has 7 rings (SSSR count). The average Bonchev–Trinajstić information content (AvgIpc) is 3.50. The van der Waals surface area contributed by atoms with E-state index in [1.54, 1.807) is 25.3 Å². The number of phenols is 1. The molecule has 43 heavy (non-hydrogen) atoms. The van der Waals surface area contributed by atoms with Gasteiger partial charge in [0.1, 0.15) is 17.3 Å². The molecule has 0 radical (unpaired) electrons. The average molecular weight is 579 g/mol. The first-order chi connectivity index (χ1) is 21.0. The summed E-state index contributed by atoms with van der Waals surface area (Å²) in [5.74, 6) is 1.58. The van der Waals surface area contributed by atoms with Gasteiger partial charge < -0.3 is 19.3 Å². The van der Waals surface area contributed by atoms with Crippen molar-refractivity contribution < 1.29 is 14.6 Å². The number of aromatic nitrogens is 2. The summed E-state index contributed by atoms with van der Waals surface area (Å²) >= 11 is 0. The molecule has 0 spiro atoms. The number of ether oxygens (including phenoxy) is 1. The van der Waals surface area contributed by atoms with E-state index in [0.29, 0.717) is 42.5 Å². The predicted octanol–water partition coefficient (Wildman–Crippen LogP) is 6.49. The molecule has 1 N–H and O–H groups in total. The summed E-state index contributed by atoms with van der Waals surface area (Å²) < 4.78 is 7.82. The zero-order chi connectivity index (χ0) is 29.6. The maximum atomic E-state index is 13.5. The number of carbonyl (C=O) groups excluding carboxylic acids is 1. The van der Waals surface area contributed by atoms with Crippen LogP contribution in [0.1, 0.15) is 72.7 Å². The molecule has 4 heterocycles. The monoisotopic (exact) mass is 578 g/mol. The summed E-state index contributed by atoms with van der Waals surface area (Å²) in [5.41, 5.74) is 4.10. The molecule has 0 unspecified atom stereocenters. The van der Waals surface area contributed by atoms with Gasteiger partial charge in [-0.25, -0.2) is 4.98 Å². The van der Waals surface area contributed by atoms with E-state index >= 15 is 0 Å². The topological polar surface area (TPSA) is 70.8 Å². The van der Waals surface area contributed by atoms with Crippen LogP contribution in [0, 0.1) is 6.92 Å². The molecule has 7 nitrogen and oxygen atoms in total. The number of piperidine rings is 2. The second-order valence-electron chi connectivity index (χ2n) is 12.8. The lowest BCUT2D eigenvalue weighted by Crippen LogP contribution is -2.49. The van der Waals surface area contributed by atoms with Crippen molar-refractivity contribution in [3.63, 3.8) is 0 Å². The van der Waals surface area contributed by atoms with Crippen molar-refractivity contribution in [1.29, 1.82) is 0 Å². The molecule has 3 atom stereocenters. The molecule has 3 aliphatic heterocycles. The highest BCUT2D eigenvalue weighted by atomic mass is 16.5. The number of benzene rings is 3. The molecule has 4 aromatic rings. The standard InChI is InChI=1S/C36H42N4O3/c1-25-37-32-10-6-7-11-33(32)40(25)29-22-27-12-13-28(23-29)39(27)21-18-36(26-8-4-3-5-9-26)16-19-38(20-17-36)35(42)31-24-30(43-2)14-15-34(31)41/h3-11,14-15,24,27-29,41H,12-13,16-23H2,1-2H3/t27-,28+,29+. The minimum absolute atomic E-state index is 0.00320. The first kappa shape index (κ1) is 28.0. The van der Waals surface area contributed by atoms with Crippen LogP contribution in [-0.4, -0.2) is 69.2 Å². The van der Waals surface area contributed by atoms with E-state index in [0.717, 1.165) is 37.1 Å². The van der Waals surface area contributed by atoms with Gasteiger partial charge in [-0.15, -0.1) is 0 Å². The summed E-state index contributed by atoms with van der Waals surface area (Å²) in [6, 6.07) is 26.1. The van der Waals surface area contributed by atoms with E-state index in [4.69, 9.17) is 9.72 Å². The third-order valence-electron chi connectivity index (χ3n) is 10.7. The number of likely N-dealkylation sites (tertiary alicyclic amines) is 1. The quantitative estimate of drug-likeness (QED) is 0.271. The number of imidazole rings is 1. The van der Waals surface area contributed by atoms with Gasteiger partial charge in [-0.1, -0.05) is 42.5 Å². The lowest BCUT2D eigenvalue weighted by molar-refractivity contribution is 0.0604. The van der Waals surface area contributed by atoms with E-state index in [2.05, 4.69) is 71.0 Å². The number of amides is 1. The summed E-state index contributed by atoms with van der Waals surface area (Å²) in [5, 5.41) is 10.4. The normalized spacial score (nSPS) is 23.5. The third-order valence-corrected chi connectivity index (χ3v) is 10.7. The van der Waals surface area contributed by atoms with Crippen molar-refractivity contribution in [2.24, 2.45) is 0 Å². The van der Waals surface area contributed by atoms with E-state index in [1.165, 1.54) is 36.8 Å². The number of para-hydroxylation sites is 2. The zero-order valence-electron chi connectivity index (χ0n) is 25.3. The van der Waals surface area contributed by atoms with Crippen LogP contribution < -0.4 is 4.74 Å². The molecule has 0 saturated carbocycles. The Hall–Kier alpha value is -3.84. The fourth-order valence-electron chi connectivity index (χ4n) is 8.39. The van der Waals surface area contributed by atoms with Gasteiger partial charge in [-0.2, -0.15) is 0 Å². The highest BCUT2D eigenvalue weighted by molar-refractivity contribution is 5.97. The Morgan fingerprint density at radius 3 is 2.37 bits per heavy atom. The highest BCUT2D eigenvalue weighted by Gasteiger charge is 2.44. The van der Waals surface area contributed by atoms with Crippen LogP contribution in [0.4, 0.5) is 0 Å². The van der Waals surface area contributed by atoms with E-state index < -0.39 is 0 Å². The van der Waals surface area contributed by atoms with Crippen molar-refractivity contribution in [3.05, 3.63) is 89.7 Å². The van der Waals surface area contributed by atoms with Crippen molar-refractivity contribution in [2.45, 2.75) is 75.4 Å². The highest BCUT2D eigenvalue weighted by Crippen LogP contribution is 2.45. The molecule has 3 saturated heterocycles. The maximum Gasteiger partial charge on any atom is 0.257 e. The van der Waals surface area contributed by atoms with Gasteiger partial charge in [0.05, 0.1) is 23.7 Å². The lowest BCUT2D eigenvalue weighted by atomic mass is 9.70. The number of rotatable bonds is 7. The Morgan fingerprint density at radius 1 is 0.953 bits per heavy atom. The summed E-state index contributed by atoms with van der Waals surface area (Å²) in [7, 11) is 1.57. The first-order valence-electron chi connectivity index (χ1n) is 15.9. The fraction of sp³-hybridized carbons (Fsp3) is 0.444. The zero-order valence-corrected chi connectivity index (χ0v) is 25.3. The van der Waals surface area contributed by atoms with E-state index in [1.807, 2.05) is 4.90 Å². The Morgan fingerprint density at radius 2 is 1.65 bits per heavy atom. The van der Waals surface area contributed by atoms with Crippen LogP contribution in [0.2, 0.25) is 0 Å². The number of hydrogen-bond acceptors (Lipinski definition) is 5. The largest absolute Gasteiger partial charge is 0.507 e. The van der Waals surface area contributed by atoms with Gasteiger partial charge >= 0.3 is 0 Å². The predicted molar refractivity (Wildman–Crippen MR) is 169 cm³/mol.